The molecule has 0 amide bonds. The highest BCUT2D eigenvalue weighted by Crippen LogP contribution is 2.78. The van der Waals surface area contributed by atoms with Gasteiger partial charge in [-0.2, -0.15) is 12.6 Å². The molecule has 2 N–H and O–H groups in total. The third kappa shape index (κ3) is 1.44. The Bertz CT molecular complexity index is 345. The van der Waals surface area contributed by atoms with E-state index >= 15 is 0 Å². The summed E-state index contributed by atoms with van der Waals surface area (Å²) >= 11 is 5.05. The molecule has 2 nitrogen and oxygen atoms in total. The van der Waals surface area contributed by atoms with Gasteiger partial charge in [-0.15, -0.1) is 0 Å². The average molecular weight is 270 g/mol. The van der Waals surface area contributed by atoms with Crippen LogP contribution in [0.25, 0.3) is 0 Å². The van der Waals surface area contributed by atoms with Crippen LogP contribution in [0.5, 0.6) is 0 Å². The zero-order valence-electron chi connectivity index (χ0n) is 12.8. The van der Waals surface area contributed by atoms with Crippen LogP contribution in [0.15, 0.2) is 0 Å². The van der Waals surface area contributed by atoms with Gasteiger partial charge in [0.25, 0.3) is 0 Å². The van der Waals surface area contributed by atoms with E-state index < -0.39 is 0 Å². The van der Waals surface area contributed by atoms with E-state index in [0.29, 0.717) is 17.4 Å². The van der Waals surface area contributed by atoms with Crippen LogP contribution >= 0.6 is 12.6 Å². The first-order chi connectivity index (χ1) is 8.20. The molecule has 0 saturated heterocycles. The highest BCUT2D eigenvalue weighted by molar-refractivity contribution is 7.82. The third-order valence-corrected chi connectivity index (χ3v) is 7.35. The van der Waals surface area contributed by atoms with Gasteiger partial charge in [0, 0.05) is 22.2 Å². The minimum atomic E-state index is 0.0694. The van der Waals surface area contributed by atoms with E-state index in [0.717, 1.165) is 0 Å². The zero-order valence-corrected chi connectivity index (χ0v) is 13.7. The predicted molar refractivity (Wildman–Crippen MR) is 82.1 cm³/mol. The Morgan fingerprint density at radius 1 is 1.33 bits per heavy atom. The van der Waals surface area contributed by atoms with Crippen molar-refractivity contribution >= 4 is 12.6 Å². The van der Waals surface area contributed by atoms with Gasteiger partial charge >= 0.3 is 0 Å². The number of nitrogens with zero attached hydrogens (tertiary/aromatic N) is 1. The fourth-order valence-electron chi connectivity index (χ4n) is 5.56. The van der Waals surface area contributed by atoms with E-state index in [9.17, 15) is 0 Å². The van der Waals surface area contributed by atoms with E-state index in [-0.39, 0.29) is 16.2 Å². The van der Waals surface area contributed by atoms with E-state index in [1.807, 2.05) is 0 Å². The molecule has 18 heavy (non-hydrogen) atoms. The predicted octanol–water partition coefficient (Wildman–Crippen LogP) is 2.78. The molecule has 0 spiro atoms. The van der Waals surface area contributed by atoms with Gasteiger partial charge in [-0.3, -0.25) is 0 Å². The van der Waals surface area contributed by atoms with Gasteiger partial charge in [0.1, 0.15) is 0 Å². The first-order valence-corrected chi connectivity index (χ1v) is 7.79. The molecule has 6 unspecified atom stereocenters. The van der Waals surface area contributed by atoms with Crippen molar-refractivity contribution in [3.8, 4) is 0 Å². The maximum absolute atomic E-state index is 6.36. The van der Waals surface area contributed by atoms with E-state index in [2.05, 4.69) is 46.7 Å². The third-order valence-electron chi connectivity index (χ3n) is 6.25. The number of rotatable bonds is 4. The molecule has 0 aromatic heterocycles. The van der Waals surface area contributed by atoms with Gasteiger partial charge in [-0.05, 0) is 38.3 Å². The summed E-state index contributed by atoms with van der Waals surface area (Å²) in [5.74, 6) is 0.626. The summed E-state index contributed by atoms with van der Waals surface area (Å²) in [6.07, 6.45) is 3.61. The van der Waals surface area contributed by atoms with Crippen LogP contribution in [0.3, 0.4) is 0 Å². The van der Waals surface area contributed by atoms with Crippen molar-refractivity contribution in [2.24, 2.45) is 22.5 Å². The minimum absolute atomic E-state index is 0.0694. The minimum Gasteiger partial charge on any atom is -0.326 e. The van der Waals surface area contributed by atoms with Crippen LogP contribution in [0, 0.1) is 16.7 Å². The Hall–Kier alpha value is 0.270. The number of hydrogen-bond donors (Lipinski definition) is 2. The highest BCUT2D eigenvalue weighted by Gasteiger charge is 2.81. The zero-order chi connectivity index (χ0) is 13.9. The Morgan fingerprint density at radius 3 is 2.28 bits per heavy atom. The monoisotopic (exact) mass is 270 g/mol. The number of thiol groups is 1. The average Bonchev–Trinajstić information content (AvgIpc) is 2.58. The molecule has 0 aromatic rings. The Labute approximate surface area is 118 Å². The quantitative estimate of drug-likeness (QED) is 0.769. The molecule has 2 aliphatic rings. The van der Waals surface area contributed by atoms with Gasteiger partial charge in [0.15, 0.2) is 0 Å². The lowest BCUT2D eigenvalue weighted by Crippen LogP contribution is -2.49. The molecule has 0 bridgehead atoms. The van der Waals surface area contributed by atoms with Crippen molar-refractivity contribution in [2.75, 3.05) is 14.1 Å². The van der Waals surface area contributed by atoms with Crippen molar-refractivity contribution in [2.45, 2.75) is 63.8 Å². The highest BCUT2D eigenvalue weighted by atomic mass is 32.1. The first kappa shape index (κ1) is 14.7. The van der Waals surface area contributed by atoms with Crippen molar-refractivity contribution < 1.29 is 0 Å². The fourth-order valence-corrected chi connectivity index (χ4v) is 6.47. The molecule has 0 aromatic carbocycles. The van der Waals surface area contributed by atoms with Crippen LogP contribution in [-0.2, 0) is 0 Å². The molecule has 0 aliphatic heterocycles. The molecule has 3 heteroatoms. The lowest BCUT2D eigenvalue weighted by molar-refractivity contribution is 0.0519. The lowest BCUT2D eigenvalue weighted by Gasteiger charge is -2.46. The molecule has 2 fully saturated rings. The molecule has 2 aliphatic carbocycles. The molecular weight excluding hydrogens is 240 g/mol. The van der Waals surface area contributed by atoms with Crippen LogP contribution in [0.1, 0.15) is 47.0 Å². The second kappa shape index (κ2) is 4.13. The van der Waals surface area contributed by atoms with Gasteiger partial charge in [0.2, 0.25) is 0 Å². The summed E-state index contributed by atoms with van der Waals surface area (Å²) in [7, 11) is 4.42. The summed E-state index contributed by atoms with van der Waals surface area (Å²) in [5, 5.41) is 0. The number of nitrogens with two attached hydrogens (primary N) is 1. The maximum Gasteiger partial charge on any atom is 0.0389 e. The van der Waals surface area contributed by atoms with Crippen molar-refractivity contribution in [1.29, 1.82) is 0 Å². The van der Waals surface area contributed by atoms with Gasteiger partial charge in [0.05, 0.1) is 0 Å². The Balaban J connectivity index is 2.36. The summed E-state index contributed by atoms with van der Waals surface area (Å²) in [6.45, 7) is 9.43. The second-order valence-electron chi connectivity index (χ2n) is 7.25. The first-order valence-electron chi connectivity index (χ1n) is 7.34. The maximum atomic E-state index is 6.36. The molecule has 2 saturated carbocycles. The summed E-state index contributed by atoms with van der Waals surface area (Å²) in [5.41, 5.74) is 6.95. The van der Waals surface area contributed by atoms with Crippen LogP contribution in [0.4, 0.5) is 0 Å². The number of hydrogen-bond acceptors (Lipinski definition) is 3. The van der Waals surface area contributed by atoms with Crippen LogP contribution in [0.2, 0.25) is 0 Å². The number of fused-ring (bicyclic) bond motifs is 1. The molecule has 0 heterocycles. The smallest absolute Gasteiger partial charge is 0.0389 e. The van der Waals surface area contributed by atoms with E-state index in [1.54, 1.807) is 0 Å². The summed E-state index contributed by atoms with van der Waals surface area (Å²) in [4.78, 5) is 2.40. The largest absolute Gasteiger partial charge is 0.326 e. The summed E-state index contributed by atoms with van der Waals surface area (Å²) < 4.78 is 0.0694. The van der Waals surface area contributed by atoms with Gasteiger partial charge < -0.3 is 10.6 Å². The van der Waals surface area contributed by atoms with Gasteiger partial charge in [-0.1, -0.05) is 34.1 Å². The second-order valence-corrected chi connectivity index (χ2v) is 7.99. The molecule has 6 atom stereocenters. The Morgan fingerprint density at radius 2 is 1.89 bits per heavy atom. The Kier molecular flexibility index (Phi) is 3.37. The van der Waals surface area contributed by atoms with E-state index in [1.165, 1.54) is 19.3 Å². The molecular formula is C15H30N2S. The summed E-state index contributed by atoms with van der Waals surface area (Å²) in [6, 6.07) is 0.911. The van der Waals surface area contributed by atoms with Gasteiger partial charge in [-0.25, -0.2) is 0 Å². The van der Waals surface area contributed by atoms with Crippen molar-refractivity contribution in [3.05, 3.63) is 0 Å². The van der Waals surface area contributed by atoms with Crippen molar-refractivity contribution in [1.82, 2.24) is 4.90 Å². The molecule has 0 radical (unpaired) electrons. The molecule has 106 valence electrons. The van der Waals surface area contributed by atoms with Crippen LogP contribution in [-0.4, -0.2) is 35.8 Å². The van der Waals surface area contributed by atoms with E-state index in [4.69, 9.17) is 18.4 Å². The normalized spacial score (nSPS) is 52.5. The SMILES string of the molecule is CCC(N(C)C)C1(C)CC2(C)C(N)C2(S)C1CC. The topological polar surface area (TPSA) is 29.3 Å². The lowest BCUT2D eigenvalue weighted by atomic mass is 9.67. The van der Waals surface area contributed by atoms with Crippen LogP contribution < -0.4 is 5.73 Å². The molecule has 2 rings (SSSR count). The standard InChI is InChI=1S/C15H30N2S/c1-7-10-13(3,11(8-2)17(5)6)9-14(4)12(16)15(10,14)18/h10-12,18H,7-9,16H2,1-6H3. The fraction of sp³-hybridized carbons (Fsp3) is 1.00. The van der Waals surface area contributed by atoms with Crippen molar-refractivity contribution in [3.63, 3.8) is 0 Å².